The summed E-state index contributed by atoms with van der Waals surface area (Å²) in [4.78, 5) is 0. The van der Waals surface area contributed by atoms with Crippen molar-refractivity contribution in [1.29, 1.82) is 0 Å². The Morgan fingerprint density at radius 1 is 0.667 bits per heavy atom. The van der Waals surface area contributed by atoms with Crippen LogP contribution in [0.4, 0.5) is 0 Å². The highest BCUT2D eigenvalue weighted by molar-refractivity contribution is 5.25. The monoisotopic (exact) mass is 282 g/mol. The molecule has 0 radical (unpaired) electrons. The fourth-order valence-corrected chi connectivity index (χ4v) is 2.40. The molecule has 0 aromatic heterocycles. The highest BCUT2D eigenvalue weighted by Crippen LogP contribution is 2.06. The Kier molecular flexibility index (Phi) is 6.45. The van der Waals surface area contributed by atoms with E-state index in [0.717, 1.165) is 32.6 Å². The zero-order chi connectivity index (χ0) is 14.9. The van der Waals surface area contributed by atoms with Gasteiger partial charge in [-0.3, -0.25) is 0 Å². The van der Waals surface area contributed by atoms with E-state index in [1.54, 1.807) is 0 Å². The third-order valence-corrected chi connectivity index (χ3v) is 3.86. The first kappa shape index (κ1) is 15.7. The second-order valence-corrected chi connectivity index (χ2v) is 5.56. The van der Waals surface area contributed by atoms with Gasteiger partial charge in [0.2, 0.25) is 0 Å². The van der Waals surface area contributed by atoms with Crippen LogP contribution in [0.1, 0.15) is 28.7 Å². The Labute approximate surface area is 128 Å². The van der Waals surface area contributed by atoms with Crippen molar-refractivity contribution in [2.45, 2.75) is 33.4 Å². The molecule has 2 aromatic rings. The summed E-state index contributed by atoms with van der Waals surface area (Å²) in [6, 6.07) is 17.1. The van der Waals surface area contributed by atoms with E-state index in [9.17, 15) is 0 Å². The average molecular weight is 282 g/mol. The van der Waals surface area contributed by atoms with Gasteiger partial charge < -0.3 is 10.6 Å². The summed E-state index contributed by atoms with van der Waals surface area (Å²) < 4.78 is 0. The van der Waals surface area contributed by atoms with Crippen molar-refractivity contribution in [1.82, 2.24) is 10.6 Å². The van der Waals surface area contributed by atoms with Crippen molar-refractivity contribution >= 4 is 0 Å². The molecule has 0 fully saturated rings. The van der Waals surface area contributed by atoms with Gasteiger partial charge in [0.1, 0.15) is 0 Å². The van der Waals surface area contributed by atoms with Crippen molar-refractivity contribution < 1.29 is 0 Å². The minimum Gasteiger partial charge on any atom is -0.313 e. The molecule has 112 valence electrons. The second kappa shape index (κ2) is 8.60. The van der Waals surface area contributed by atoms with E-state index in [0.29, 0.717) is 0 Å². The minimum atomic E-state index is 0.963. The maximum Gasteiger partial charge on any atom is 0.0208 e. The summed E-state index contributed by atoms with van der Waals surface area (Å²) >= 11 is 0. The molecular formula is C19H26N2. The zero-order valence-electron chi connectivity index (χ0n) is 13.2. The molecule has 2 heteroatoms. The normalized spacial score (nSPS) is 10.8. The van der Waals surface area contributed by atoms with E-state index >= 15 is 0 Å². The first-order valence-corrected chi connectivity index (χ1v) is 7.78. The number of aryl methyl sites for hydroxylation is 2. The summed E-state index contributed by atoms with van der Waals surface area (Å²) in [6.07, 6.45) is 1.15. The van der Waals surface area contributed by atoms with Crippen LogP contribution >= 0.6 is 0 Å². The van der Waals surface area contributed by atoms with Crippen LogP contribution in [0, 0.1) is 13.8 Å². The smallest absolute Gasteiger partial charge is 0.0208 e. The second-order valence-electron chi connectivity index (χ2n) is 5.56. The number of hydrogen-bond acceptors (Lipinski definition) is 2. The molecule has 0 heterocycles. The Morgan fingerprint density at radius 2 is 1.10 bits per heavy atom. The van der Waals surface area contributed by atoms with Gasteiger partial charge in [0.25, 0.3) is 0 Å². The molecule has 0 spiro atoms. The fraction of sp³-hybridized carbons (Fsp3) is 0.368. The van der Waals surface area contributed by atoms with Gasteiger partial charge >= 0.3 is 0 Å². The van der Waals surface area contributed by atoms with Crippen LogP contribution in [0.2, 0.25) is 0 Å². The SMILES string of the molecule is Cc1ccccc1CNCCCNCc1ccccc1C. The quantitative estimate of drug-likeness (QED) is 0.723. The standard InChI is InChI=1S/C19H26N2/c1-16-8-3-5-10-18(16)14-20-12-7-13-21-15-19-11-6-4-9-17(19)2/h3-6,8-11,20-21H,7,12-15H2,1-2H3. The predicted octanol–water partition coefficient (Wildman–Crippen LogP) is 3.57. The van der Waals surface area contributed by atoms with E-state index in [1.807, 2.05) is 0 Å². The lowest BCUT2D eigenvalue weighted by molar-refractivity contribution is 0.594. The minimum absolute atomic E-state index is 0.963. The maximum absolute atomic E-state index is 3.51. The molecule has 2 rings (SSSR count). The van der Waals surface area contributed by atoms with Gasteiger partial charge in [-0.15, -0.1) is 0 Å². The number of nitrogens with one attached hydrogen (secondary N) is 2. The highest BCUT2D eigenvalue weighted by atomic mass is 14.9. The van der Waals surface area contributed by atoms with Gasteiger partial charge in [-0.25, -0.2) is 0 Å². The first-order chi connectivity index (χ1) is 10.3. The van der Waals surface area contributed by atoms with Crippen molar-refractivity contribution in [2.75, 3.05) is 13.1 Å². The van der Waals surface area contributed by atoms with E-state index in [2.05, 4.69) is 73.0 Å². The lowest BCUT2D eigenvalue weighted by Crippen LogP contribution is -2.22. The molecule has 0 aliphatic carbocycles. The Bertz CT molecular complexity index is 499. The van der Waals surface area contributed by atoms with Gasteiger partial charge in [-0.1, -0.05) is 48.5 Å². The van der Waals surface area contributed by atoms with Crippen molar-refractivity contribution in [3.8, 4) is 0 Å². The summed E-state index contributed by atoms with van der Waals surface area (Å²) in [6.45, 7) is 8.36. The predicted molar refractivity (Wildman–Crippen MR) is 90.4 cm³/mol. The van der Waals surface area contributed by atoms with Gasteiger partial charge in [-0.2, -0.15) is 0 Å². The van der Waals surface area contributed by atoms with Gasteiger partial charge in [0.05, 0.1) is 0 Å². The molecule has 0 unspecified atom stereocenters. The summed E-state index contributed by atoms with van der Waals surface area (Å²) in [5.74, 6) is 0. The zero-order valence-corrected chi connectivity index (χ0v) is 13.2. The van der Waals surface area contributed by atoms with Crippen molar-refractivity contribution in [2.24, 2.45) is 0 Å². The first-order valence-electron chi connectivity index (χ1n) is 7.78. The molecule has 0 aliphatic rings. The van der Waals surface area contributed by atoms with Gasteiger partial charge in [0, 0.05) is 13.1 Å². The molecule has 0 saturated carbocycles. The topological polar surface area (TPSA) is 24.1 Å². The van der Waals surface area contributed by atoms with Crippen LogP contribution in [0.25, 0.3) is 0 Å². The van der Waals surface area contributed by atoms with Crippen molar-refractivity contribution in [3.05, 3.63) is 70.8 Å². The van der Waals surface area contributed by atoms with E-state index < -0.39 is 0 Å². The molecule has 2 N–H and O–H groups in total. The van der Waals surface area contributed by atoms with E-state index in [4.69, 9.17) is 0 Å². The molecule has 0 aliphatic heterocycles. The lowest BCUT2D eigenvalue weighted by Gasteiger charge is -2.09. The molecule has 21 heavy (non-hydrogen) atoms. The molecule has 0 saturated heterocycles. The maximum atomic E-state index is 3.51. The third-order valence-electron chi connectivity index (χ3n) is 3.86. The molecule has 0 amide bonds. The fourth-order valence-electron chi connectivity index (χ4n) is 2.40. The molecule has 2 aromatic carbocycles. The van der Waals surface area contributed by atoms with Crippen LogP contribution in [-0.2, 0) is 13.1 Å². The van der Waals surface area contributed by atoms with E-state index in [1.165, 1.54) is 22.3 Å². The van der Waals surface area contributed by atoms with Crippen LogP contribution in [0.15, 0.2) is 48.5 Å². The number of benzene rings is 2. The molecule has 0 atom stereocenters. The highest BCUT2D eigenvalue weighted by Gasteiger charge is 1.97. The van der Waals surface area contributed by atoms with Crippen LogP contribution in [0.3, 0.4) is 0 Å². The van der Waals surface area contributed by atoms with Gasteiger partial charge in [0.15, 0.2) is 0 Å². The van der Waals surface area contributed by atoms with E-state index in [-0.39, 0.29) is 0 Å². The molecular weight excluding hydrogens is 256 g/mol. The Hall–Kier alpha value is -1.64. The number of rotatable bonds is 8. The third kappa shape index (κ3) is 5.33. The van der Waals surface area contributed by atoms with Gasteiger partial charge in [-0.05, 0) is 55.6 Å². The average Bonchev–Trinajstić information content (AvgIpc) is 2.50. The molecule has 0 bridgehead atoms. The Morgan fingerprint density at radius 3 is 1.52 bits per heavy atom. The largest absolute Gasteiger partial charge is 0.313 e. The molecule has 2 nitrogen and oxygen atoms in total. The van der Waals surface area contributed by atoms with Crippen LogP contribution < -0.4 is 10.6 Å². The summed E-state index contributed by atoms with van der Waals surface area (Å²) in [5.41, 5.74) is 5.51. The number of hydrogen-bond donors (Lipinski definition) is 2. The van der Waals surface area contributed by atoms with Crippen LogP contribution in [0.5, 0.6) is 0 Å². The lowest BCUT2D eigenvalue weighted by atomic mass is 10.1. The van der Waals surface area contributed by atoms with Crippen LogP contribution in [-0.4, -0.2) is 13.1 Å². The summed E-state index contributed by atoms with van der Waals surface area (Å²) in [5, 5.41) is 7.03. The summed E-state index contributed by atoms with van der Waals surface area (Å²) in [7, 11) is 0. The van der Waals surface area contributed by atoms with Crippen molar-refractivity contribution in [3.63, 3.8) is 0 Å². The Balaban J connectivity index is 1.57.